The van der Waals surface area contributed by atoms with Crippen LogP contribution in [0.2, 0.25) is 0 Å². The molecule has 142 valence electrons. The first-order valence-electron chi connectivity index (χ1n) is 9.77. The Hall–Kier alpha value is -3.04. The normalized spacial score (nSPS) is 15.0. The monoisotopic (exact) mass is 395 g/mol. The van der Waals surface area contributed by atoms with Gasteiger partial charge in [0.1, 0.15) is 6.10 Å². The van der Waals surface area contributed by atoms with Gasteiger partial charge in [-0.3, -0.25) is 0 Å². The van der Waals surface area contributed by atoms with Crippen LogP contribution in [0.1, 0.15) is 17.2 Å². The number of rotatable bonds is 4. The Balaban J connectivity index is 1.59. The fraction of sp³-hybridized carbons (Fsp3) is 0.115. The summed E-state index contributed by atoms with van der Waals surface area (Å²) < 4.78 is 6.37. The molecule has 0 saturated carbocycles. The maximum atomic E-state index is 6.37. The van der Waals surface area contributed by atoms with Crippen molar-refractivity contribution in [2.24, 2.45) is 0 Å². The first-order chi connectivity index (χ1) is 14.3. The summed E-state index contributed by atoms with van der Waals surface area (Å²) in [5.74, 6) is 0.754. The van der Waals surface area contributed by atoms with Gasteiger partial charge < -0.3 is 4.74 Å². The van der Waals surface area contributed by atoms with Gasteiger partial charge >= 0.3 is 0 Å². The Kier molecular flexibility index (Phi) is 4.82. The van der Waals surface area contributed by atoms with Gasteiger partial charge in [-0.05, 0) is 41.1 Å². The van der Waals surface area contributed by atoms with Gasteiger partial charge in [-0.15, -0.1) is 11.8 Å². The first-order valence-corrected chi connectivity index (χ1v) is 11.0. The molecule has 3 heteroatoms. The molecule has 0 spiro atoms. The highest BCUT2D eigenvalue weighted by Crippen LogP contribution is 2.42. The van der Waals surface area contributed by atoms with Crippen LogP contribution in [0.15, 0.2) is 95.9 Å². The molecule has 0 amide bonds. The third kappa shape index (κ3) is 3.54. The molecule has 2 heterocycles. The van der Waals surface area contributed by atoms with Crippen molar-refractivity contribution in [1.82, 2.24) is 4.98 Å². The van der Waals surface area contributed by atoms with Crippen molar-refractivity contribution in [3.05, 3.63) is 102 Å². The molecule has 0 fully saturated rings. The molecule has 5 rings (SSSR count). The number of hydrogen-bond acceptors (Lipinski definition) is 3. The van der Waals surface area contributed by atoms with Gasteiger partial charge in [0.2, 0.25) is 5.88 Å². The van der Waals surface area contributed by atoms with Gasteiger partial charge in [-0.1, -0.05) is 72.8 Å². The van der Waals surface area contributed by atoms with Gasteiger partial charge in [0.25, 0.3) is 0 Å². The SMILES string of the molecule is CSc1ccc(C2Cc3c(-c4ccccc4)cc(-c4ccccc4)nc3O2)cc1. The highest BCUT2D eigenvalue weighted by molar-refractivity contribution is 7.98. The molecule has 0 bridgehead atoms. The van der Waals surface area contributed by atoms with E-state index in [1.807, 2.05) is 18.2 Å². The quantitative estimate of drug-likeness (QED) is 0.354. The lowest BCUT2D eigenvalue weighted by Crippen LogP contribution is -2.03. The molecule has 1 atom stereocenters. The van der Waals surface area contributed by atoms with Crippen LogP contribution >= 0.6 is 11.8 Å². The number of benzene rings is 3. The number of hydrogen-bond donors (Lipinski definition) is 0. The summed E-state index contributed by atoms with van der Waals surface area (Å²) in [4.78, 5) is 6.16. The van der Waals surface area contributed by atoms with E-state index in [4.69, 9.17) is 9.72 Å². The second-order valence-corrected chi connectivity index (χ2v) is 8.03. The summed E-state index contributed by atoms with van der Waals surface area (Å²) in [6, 6.07) is 31.7. The van der Waals surface area contributed by atoms with E-state index in [0.717, 1.165) is 23.6 Å². The molecule has 0 radical (unpaired) electrons. The number of fused-ring (bicyclic) bond motifs is 1. The lowest BCUT2D eigenvalue weighted by molar-refractivity contribution is 0.231. The van der Waals surface area contributed by atoms with Crippen LogP contribution in [-0.2, 0) is 6.42 Å². The Bertz CT molecular complexity index is 1120. The second kappa shape index (κ2) is 7.76. The van der Waals surface area contributed by atoms with Crippen molar-refractivity contribution in [1.29, 1.82) is 0 Å². The van der Waals surface area contributed by atoms with Crippen molar-refractivity contribution in [2.75, 3.05) is 6.26 Å². The molecule has 1 aromatic heterocycles. The van der Waals surface area contributed by atoms with Gasteiger partial charge in [0, 0.05) is 22.4 Å². The fourth-order valence-electron chi connectivity index (χ4n) is 3.84. The molecule has 0 saturated heterocycles. The van der Waals surface area contributed by atoms with E-state index in [1.54, 1.807) is 11.8 Å². The average Bonchev–Trinajstić information content (AvgIpc) is 3.24. The van der Waals surface area contributed by atoms with Crippen LogP contribution in [0.5, 0.6) is 5.88 Å². The van der Waals surface area contributed by atoms with Crippen LogP contribution in [0.4, 0.5) is 0 Å². The van der Waals surface area contributed by atoms with E-state index < -0.39 is 0 Å². The fourth-order valence-corrected chi connectivity index (χ4v) is 4.25. The third-order valence-corrected chi connectivity index (χ3v) is 6.12. The van der Waals surface area contributed by atoms with Crippen molar-refractivity contribution in [3.8, 4) is 28.3 Å². The summed E-state index contributed by atoms with van der Waals surface area (Å²) in [5, 5.41) is 0. The Morgan fingerprint density at radius 3 is 2.14 bits per heavy atom. The molecule has 1 aliphatic rings. The molecule has 29 heavy (non-hydrogen) atoms. The molecule has 4 aromatic rings. The number of aromatic nitrogens is 1. The Morgan fingerprint density at radius 1 is 0.828 bits per heavy atom. The van der Waals surface area contributed by atoms with Crippen molar-refractivity contribution in [3.63, 3.8) is 0 Å². The number of thioether (sulfide) groups is 1. The van der Waals surface area contributed by atoms with Crippen LogP contribution in [0, 0.1) is 0 Å². The standard InChI is InChI=1S/C26H21NOS/c1-29-21-14-12-20(13-15-21)25-17-23-22(18-8-4-2-5-9-18)16-24(27-26(23)28-25)19-10-6-3-7-11-19/h2-16,25H,17H2,1H3. The van der Waals surface area contributed by atoms with Crippen LogP contribution in [-0.4, -0.2) is 11.2 Å². The number of nitrogens with zero attached hydrogens (tertiary/aromatic N) is 1. The van der Waals surface area contributed by atoms with E-state index >= 15 is 0 Å². The van der Waals surface area contributed by atoms with Crippen LogP contribution in [0.3, 0.4) is 0 Å². The van der Waals surface area contributed by atoms with Gasteiger partial charge in [-0.25, -0.2) is 4.98 Å². The van der Waals surface area contributed by atoms with E-state index in [0.29, 0.717) is 0 Å². The van der Waals surface area contributed by atoms with Gasteiger partial charge in [0.05, 0.1) is 5.69 Å². The van der Waals surface area contributed by atoms with E-state index in [-0.39, 0.29) is 6.10 Å². The molecular formula is C26H21NOS. The molecule has 3 aromatic carbocycles. The predicted octanol–water partition coefficient (Wildman–Crippen LogP) is 6.81. The van der Waals surface area contributed by atoms with Gasteiger partial charge in [-0.2, -0.15) is 0 Å². The number of pyridine rings is 1. The van der Waals surface area contributed by atoms with Crippen LogP contribution < -0.4 is 4.74 Å². The summed E-state index contributed by atoms with van der Waals surface area (Å²) in [6.07, 6.45) is 2.93. The summed E-state index contributed by atoms with van der Waals surface area (Å²) in [6.45, 7) is 0. The largest absolute Gasteiger partial charge is 0.469 e. The zero-order valence-electron chi connectivity index (χ0n) is 16.2. The zero-order valence-corrected chi connectivity index (χ0v) is 17.0. The zero-order chi connectivity index (χ0) is 19.6. The molecular weight excluding hydrogens is 374 g/mol. The topological polar surface area (TPSA) is 22.1 Å². The highest BCUT2D eigenvalue weighted by atomic mass is 32.2. The summed E-state index contributed by atoms with van der Waals surface area (Å²) >= 11 is 1.75. The molecule has 1 aliphatic heterocycles. The Labute approximate surface area is 175 Å². The second-order valence-electron chi connectivity index (χ2n) is 7.15. The molecule has 1 unspecified atom stereocenters. The maximum absolute atomic E-state index is 6.37. The summed E-state index contributed by atoms with van der Waals surface area (Å²) in [7, 11) is 0. The average molecular weight is 396 g/mol. The minimum Gasteiger partial charge on any atom is -0.469 e. The lowest BCUT2D eigenvalue weighted by atomic mass is 9.95. The molecule has 0 aliphatic carbocycles. The summed E-state index contributed by atoms with van der Waals surface area (Å²) in [5.41, 5.74) is 6.84. The van der Waals surface area contributed by atoms with E-state index in [9.17, 15) is 0 Å². The predicted molar refractivity (Wildman–Crippen MR) is 120 cm³/mol. The van der Waals surface area contributed by atoms with Gasteiger partial charge in [0.15, 0.2) is 0 Å². The smallest absolute Gasteiger partial charge is 0.218 e. The molecule has 0 N–H and O–H groups in total. The van der Waals surface area contributed by atoms with E-state index in [1.165, 1.54) is 27.1 Å². The first kappa shape index (κ1) is 18.0. The Morgan fingerprint density at radius 2 is 1.48 bits per heavy atom. The van der Waals surface area contributed by atoms with Crippen LogP contribution in [0.25, 0.3) is 22.4 Å². The highest BCUT2D eigenvalue weighted by Gasteiger charge is 2.29. The third-order valence-electron chi connectivity index (χ3n) is 5.37. The minimum absolute atomic E-state index is 0.00175. The van der Waals surface area contributed by atoms with Crippen molar-refractivity contribution >= 4 is 11.8 Å². The maximum Gasteiger partial charge on any atom is 0.218 e. The number of ether oxygens (including phenoxy) is 1. The molecule has 2 nitrogen and oxygen atoms in total. The minimum atomic E-state index is 0.00175. The lowest BCUT2D eigenvalue weighted by Gasteiger charge is -2.11. The van der Waals surface area contributed by atoms with Crippen molar-refractivity contribution in [2.45, 2.75) is 17.4 Å². The van der Waals surface area contributed by atoms with Crippen molar-refractivity contribution < 1.29 is 4.74 Å². The van der Waals surface area contributed by atoms with E-state index in [2.05, 4.69) is 79.1 Å².